The van der Waals surface area contributed by atoms with E-state index in [0.717, 1.165) is 33.5 Å². The van der Waals surface area contributed by atoms with E-state index < -0.39 is 5.91 Å². The molecule has 0 radical (unpaired) electrons. The van der Waals surface area contributed by atoms with E-state index in [9.17, 15) is 9.59 Å². The lowest BCUT2D eigenvalue weighted by molar-refractivity contribution is -0.120. The highest BCUT2D eigenvalue weighted by Crippen LogP contribution is 2.37. The normalized spacial score (nSPS) is 13.9. The summed E-state index contributed by atoms with van der Waals surface area (Å²) >= 11 is 6.31. The van der Waals surface area contributed by atoms with Crippen molar-refractivity contribution in [2.45, 2.75) is 34.6 Å². The Hall–Kier alpha value is -3.37. The zero-order valence-electron chi connectivity index (χ0n) is 18.8. The molecule has 1 aliphatic rings. The van der Waals surface area contributed by atoms with Crippen molar-refractivity contribution in [3.63, 3.8) is 0 Å². The summed E-state index contributed by atoms with van der Waals surface area (Å²) in [4.78, 5) is 28.6. The number of halogens is 1. The predicted molar refractivity (Wildman–Crippen MR) is 131 cm³/mol. The molecule has 0 aliphatic carbocycles. The molecule has 2 amide bonds. The largest absolute Gasteiger partial charge is 0.350 e. The topological polar surface area (TPSA) is 49.4 Å². The molecule has 4 rings (SSSR count). The number of rotatable bonds is 4. The molecule has 1 aliphatic heterocycles. The second-order valence-electron chi connectivity index (χ2n) is 8.40. The quantitative estimate of drug-likeness (QED) is 0.482. The van der Waals surface area contributed by atoms with Gasteiger partial charge in [0.25, 0.3) is 11.8 Å². The maximum atomic E-state index is 13.7. The molecule has 3 aromatic carbocycles. The van der Waals surface area contributed by atoms with Crippen LogP contribution in [-0.2, 0) is 9.59 Å². The van der Waals surface area contributed by atoms with E-state index in [-0.39, 0.29) is 11.6 Å². The van der Waals surface area contributed by atoms with Gasteiger partial charge in [-0.15, -0.1) is 0 Å². The molecule has 0 aromatic heterocycles. The zero-order valence-corrected chi connectivity index (χ0v) is 19.6. The number of hydrogen-bond acceptors (Lipinski definition) is 3. The lowest BCUT2D eigenvalue weighted by Crippen LogP contribution is -2.33. The minimum Gasteiger partial charge on any atom is -0.350 e. The Kier molecular flexibility index (Phi) is 5.66. The number of nitrogens with one attached hydrogen (secondary N) is 1. The van der Waals surface area contributed by atoms with Crippen LogP contribution in [0, 0.1) is 34.6 Å². The van der Waals surface area contributed by atoms with Crippen LogP contribution in [0.5, 0.6) is 0 Å². The Balaban J connectivity index is 1.90. The monoisotopic (exact) mass is 444 g/mol. The van der Waals surface area contributed by atoms with E-state index in [0.29, 0.717) is 21.8 Å². The molecule has 0 unspecified atom stereocenters. The van der Waals surface area contributed by atoms with Crippen molar-refractivity contribution in [2.75, 3.05) is 10.2 Å². The molecule has 0 atom stereocenters. The summed E-state index contributed by atoms with van der Waals surface area (Å²) in [6.45, 7) is 9.77. The van der Waals surface area contributed by atoms with Crippen LogP contribution in [0.3, 0.4) is 0 Å². The van der Waals surface area contributed by atoms with Crippen molar-refractivity contribution >= 4 is 40.4 Å². The van der Waals surface area contributed by atoms with E-state index in [1.54, 1.807) is 18.2 Å². The van der Waals surface area contributed by atoms with Gasteiger partial charge in [0, 0.05) is 10.7 Å². The minimum atomic E-state index is -0.394. The molecule has 0 saturated heterocycles. The van der Waals surface area contributed by atoms with Crippen molar-refractivity contribution in [1.29, 1.82) is 0 Å². The average molecular weight is 445 g/mol. The van der Waals surface area contributed by atoms with Gasteiger partial charge >= 0.3 is 0 Å². The van der Waals surface area contributed by atoms with Gasteiger partial charge in [-0.25, -0.2) is 4.90 Å². The lowest BCUT2D eigenvalue weighted by atomic mass is 9.97. The molecular formula is C27H25ClN2O2. The average Bonchev–Trinajstić information content (AvgIpc) is 2.94. The van der Waals surface area contributed by atoms with E-state index in [1.807, 2.05) is 65.0 Å². The Bertz CT molecular complexity index is 1290. The minimum absolute atomic E-state index is 0.270. The molecule has 0 fully saturated rings. The number of anilines is 2. The Labute approximate surface area is 193 Å². The molecule has 32 heavy (non-hydrogen) atoms. The van der Waals surface area contributed by atoms with Gasteiger partial charge in [-0.2, -0.15) is 0 Å². The third-order valence-electron chi connectivity index (χ3n) is 5.71. The van der Waals surface area contributed by atoms with E-state index in [2.05, 4.69) is 11.4 Å². The molecule has 1 heterocycles. The van der Waals surface area contributed by atoms with Crippen LogP contribution < -0.4 is 10.2 Å². The summed E-state index contributed by atoms with van der Waals surface area (Å²) in [6, 6.07) is 17.1. The summed E-state index contributed by atoms with van der Waals surface area (Å²) in [5, 5.41) is 3.77. The molecule has 162 valence electrons. The van der Waals surface area contributed by atoms with E-state index >= 15 is 0 Å². The van der Waals surface area contributed by atoms with Crippen LogP contribution in [0.25, 0.3) is 5.57 Å². The van der Waals surface area contributed by atoms with Crippen LogP contribution in [0.1, 0.15) is 33.4 Å². The van der Waals surface area contributed by atoms with Gasteiger partial charge < -0.3 is 5.32 Å². The summed E-state index contributed by atoms with van der Waals surface area (Å²) in [7, 11) is 0. The number of carbonyl (C=O) groups is 2. The second kappa shape index (κ2) is 8.29. The Morgan fingerprint density at radius 2 is 1.47 bits per heavy atom. The van der Waals surface area contributed by atoms with Gasteiger partial charge in [-0.05, 0) is 86.7 Å². The van der Waals surface area contributed by atoms with Gasteiger partial charge in [0.15, 0.2) is 0 Å². The smallest absolute Gasteiger partial charge is 0.282 e. The number of carbonyl (C=O) groups excluding carboxylic acids is 2. The van der Waals surface area contributed by atoms with E-state index in [4.69, 9.17) is 11.6 Å². The highest BCUT2D eigenvalue weighted by Gasteiger charge is 2.41. The summed E-state index contributed by atoms with van der Waals surface area (Å²) in [5.74, 6) is -0.756. The van der Waals surface area contributed by atoms with Crippen molar-refractivity contribution in [3.8, 4) is 0 Å². The summed E-state index contributed by atoms with van der Waals surface area (Å²) < 4.78 is 0. The van der Waals surface area contributed by atoms with Crippen molar-refractivity contribution in [2.24, 2.45) is 0 Å². The second-order valence-corrected chi connectivity index (χ2v) is 8.81. The highest BCUT2D eigenvalue weighted by atomic mass is 35.5. The van der Waals surface area contributed by atoms with Gasteiger partial charge in [0.05, 0.1) is 11.3 Å². The molecule has 5 heteroatoms. The molecular weight excluding hydrogens is 420 g/mol. The Morgan fingerprint density at radius 1 is 0.781 bits per heavy atom. The fraction of sp³-hybridized carbons (Fsp3) is 0.185. The summed E-state index contributed by atoms with van der Waals surface area (Å²) in [5.41, 5.74) is 7.49. The highest BCUT2D eigenvalue weighted by molar-refractivity contribution is 6.46. The first-order valence-electron chi connectivity index (χ1n) is 10.5. The lowest BCUT2D eigenvalue weighted by Gasteiger charge is -2.18. The van der Waals surface area contributed by atoms with Crippen LogP contribution in [0.4, 0.5) is 11.4 Å². The first kappa shape index (κ1) is 21.8. The van der Waals surface area contributed by atoms with Gasteiger partial charge in [0.1, 0.15) is 5.70 Å². The maximum Gasteiger partial charge on any atom is 0.282 e. The molecule has 0 spiro atoms. The van der Waals surface area contributed by atoms with Gasteiger partial charge in [-0.3, -0.25) is 9.59 Å². The number of amides is 2. The van der Waals surface area contributed by atoms with E-state index in [1.165, 1.54) is 4.90 Å². The Morgan fingerprint density at radius 3 is 2.12 bits per heavy atom. The molecule has 3 aromatic rings. The molecule has 0 saturated carbocycles. The summed E-state index contributed by atoms with van der Waals surface area (Å²) in [6.07, 6.45) is 0. The SMILES string of the molecule is Cc1cc(C)cc(NC2=C(c3ccc(C)cc3C)C(=O)N(c3cccc(Cl)c3C)C2=O)c1. The number of imide groups is 1. The van der Waals surface area contributed by atoms with Crippen LogP contribution >= 0.6 is 11.6 Å². The number of benzene rings is 3. The number of hydrogen-bond donors (Lipinski definition) is 1. The zero-order chi connectivity index (χ0) is 23.2. The molecule has 0 bridgehead atoms. The standard InChI is InChI=1S/C27H25ClN2O2/c1-15-9-10-21(18(4)12-15)24-25(29-20-13-16(2)11-17(3)14-20)27(32)30(26(24)31)23-8-6-7-22(28)19(23)5/h6-14,29H,1-5H3. The maximum absolute atomic E-state index is 13.7. The number of nitrogens with zero attached hydrogens (tertiary/aromatic N) is 1. The first-order valence-corrected chi connectivity index (χ1v) is 10.9. The molecule has 4 nitrogen and oxygen atoms in total. The third kappa shape index (κ3) is 3.82. The van der Waals surface area contributed by atoms with Gasteiger partial charge in [-0.1, -0.05) is 47.5 Å². The van der Waals surface area contributed by atoms with Crippen LogP contribution in [0.15, 0.2) is 60.3 Å². The van der Waals surface area contributed by atoms with Gasteiger partial charge in [0.2, 0.25) is 0 Å². The fourth-order valence-electron chi connectivity index (χ4n) is 4.24. The van der Waals surface area contributed by atoms with Crippen molar-refractivity contribution in [1.82, 2.24) is 0 Å². The van der Waals surface area contributed by atoms with Crippen molar-refractivity contribution < 1.29 is 9.59 Å². The predicted octanol–water partition coefficient (Wildman–Crippen LogP) is 6.28. The first-order chi connectivity index (χ1) is 15.2. The third-order valence-corrected chi connectivity index (χ3v) is 6.12. The number of aryl methyl sites for hydroxylation is 4. The van der Waals surface area contributed by atoms with Crippen LogP contribution in [-0.4, -0.2) is 11.8 Å². The fourth-order valence-corrected chi connectivity index (χ4v) is 4.41. The van der Waals surface area contributed by atoms with Crippen LogP contribution in [0.2, 0.25) is 5.02 Å². The van der Waals surface area contributed by atoms with Crippen molar-refractivity contribution in [3.05, 3.63) is 98.7 Å². The molecule has 1 N–H and O–H groups in total.